The van der Waals surface area contributed by atoms with Crippen molar-refractivity contribution in [2.45, 2.75) is 49.9 Å². The van der Waals surface area contributed by atoms with Crippen molar-refractivity contribution in [3.63, 3.8) is 0 Å². The van der Waals surface area contributed by atoms with E-state index < -0.39 is 29.0 Å². The first-order valence-electron chi connectivity index (χ1n) is 8.65. The van der Waals surface area contributed by atoms with Crippen molar-refractivity contribution >= 4 is 5.91 Å². The summed E-state index contributed by atoms with van der Waals surface area (Å²) in [6.45, 7) is 0.0693. The molecular weight excluding hydrogens is 348 g/mol. The molecule has 0 aliphatic heterocycles. The van der Waals surface area contributed by atoms with E-state index in [1.165, 1.54) is 24.4 Å². The minimum atomic E-state index is -2.75. The second-order valence-electron chi connectivity index (χ2n) is 6.95. The molecule has 2 aliphatic rings. The molecule has 1 aromatic rings. The van der Waals surface area contributed by atoms with Gasteiger partial charge in [-0.15, -0.1) is 0 Å². The van der Waals surface area contributed by atoms with Crippen molar-refractivity contribution in [1.82, 2.24) is 10.3 Å². The summed E-state index contributed by atoms with van der Waals surface area (Å²) in [6, 6.07) is 2.69. The maximum absolute atomic E-state index is 13.8. The lowest BCUT2D eigenvalue weighted by Gasteiger charge is -2.40. The Balaban J connectivity index is 1.79. The van der Waals surface area contributed by atoms with Crippen LogP contribution in [0.25, 0.3) is 0 Å². The molecule has 0 saturated heterocycles. The summed E-state index contributed by atoms with van der Waals surface area (Å²) in [5.41, 5.74) is -0.193. The normalized spacial score (nSPS) is 21.5. The predicted molar refractivity (Wildman–Crippen MR) is 88.8 cm³/mol. The van der Waals surface area contributed by atoms with Crippen molar-refractivity contribution in [3.05, 3.63) is 53.4 Å². The summed E-state index contributed by atoms with van der Waals surface area (Å²) in [7, 11) is 0. The van der Waals surface area contributed by atoms with Gasteiger partial charge in [0, 0.05) is 37.4 Å². The fraction of sp³-hybridized carbons (Fsp3) is 0.474. The van der Waals surface area contributed by atoms with Gasteiger partial charge in [0.25, 0.3) is 5.91 Å². The highest BCUT2D eigenvalue weighted by atomic mass is 19.3. The number of nitrogens with zero attached hydrogens (tertiary/aromatic N) is 1. The molecule has 0 radical (unpaired) electrons. The Morgan fingerprint density at radius 3 is 2.50 bits per heavy atom. The van der Waals surface area contributed by atoms with Gasteiger partial charge in [-0.05, 0) is 30.9 Å². The zero-order valence-corrected chi connectivity index (χ0v) is 14.2. The van der Waals surface area contributed by atoms with Crippen LogP contribution in [-0.2, 0) is 10.2 Å². The Hall–Kier alpha value is -2.18. The number of carbonyl (C=O) groups excluding carboxylic acids is 1. The molecule has 7 heteroatoms. The van der Waals surface area contributed by atoms with Crippen molar-refractivity contribution < 1.29 is 22.4 Å². The molecule has 1 fully saturated rings. The van der Waals surface area contributed by atoms with Gasteiger partial charge < -0.3 is 5.32 Å². The Kier molecular flexibility index (Phi) is 5.16. The van der Waals surface area contributed by atoms with Crippen LogP contribution in [0.15, 0.2) is 41.9 Å². The monoisotopic (exact) mass is 368 g/mol. The molecule has 0 bridgehead atoms. The van der Waals surface area contributed by atoms with E-state index in [2.05, 4.69) is 10.3 Å². The van der Waals surface area contributed by atoms with Crippen LogP contribution >= 0.6 is 0 Å². The van der Waals surface area contributed by atoms with Crippen LogP contribution in [-0.4, -0.2) is 23.4 Å². The SMILES string of the molecule is O=C(NCC1(c2ccc(F)nc2)CCC(F)(F)CC1)C1=C(F)CCC=C1. The lowest BCUT2D eigenvalue weighted by molar-refractivity contribution is -0.117. The third-order valence-electron chi connectivity index (χ3n) is 5.22. The lowest BCUT2D eigenvalue weighted by atomic mass is 9.68. The summed E-state index contributed by atoms with van der Waals surface area (Å²) in [6.07, 6.45) is 4.82. The van der Waals surface area contributed by atoms with E-state index in [9.17, 15) is 22.4 Å². The van der Waals surface area contributed by atoms with Crippen molar-refractivity contribution in [2.75, 3.05) is 6.54 Å². The quantitative estimate of drug-likeness (QED) is 0.634. The number of rotatable bonds is 4. The average Bonchev–Trinajstić information content (AvgIpc) is 2.62. The van der Waals surface area contributed by atoms with Gasteiger partial charge in [0.05, 0.1) is 5.57 Å². The maximum atomic E-state index is 13.8. The number of allylic oxidation sites excluding steroid dienone is 2. The molecule has 1 saturated carbocycles. The second kappa shape index (κ2) is 7.21. The van der Waals surface area contributed by atoms with Crippen LogP contribution in [0.1, 0.15) is 44.1 Å². The van der Waals surface area contributed by atoms with E-state index in [1.807, 2.05) is 0 Å². The minimum Gasteiger partial charge on any atom is -0.351 e. The van der Waals surface area contributed by atoms with Gasteiger partial charge >= 0.3 is 0 Å². The van der Waals surface area contributed by atoms with Crippen LogP contribution < -0.4 is 5.32 Å². The van der Waals surface area contributed by atoms with E-state index >= 15 is 0 Å². The zero-order valence-electron chi connectivity index (χ0n) is 14.2. The van der Waals surface area contributed by atoms with Gasteiger partial charge in [-0.3, -0.25) is 4.79 Å². The smallest absolute Gasteiger partial charge is 0.253 e. The Morgan fingerprint density at radius 1 is 1.15 bits per heavy atom. The molecule has 3 rings (SSSR count). The minimum absolute atomic E-state index is 0.0234. The highest BCUT2D eigenvalue weighted by Gasteiger charge is 2.44. The highest BCUT2D eigenvalue weighted by molar-refractivity contribution is 5.96. The summed E-state index contributed by atoms with van der Waals surface area (Å²) in [4.78, 5) is 15.9. The third-order valence-corrected chi connectivity index (χ3v) is 5.22. The molecule has 1 N–H and O–H groups in total. The van der Waals surface area contributed by atoms with Crippen LogP contribution in [0.4, 0.5) is 17.6 Å². The van der Waals surface area contributed by atoms with Gasteiger partial charge in [0.15, 0.2) is 0 Å². The van der Waals surface area contributed by atoms with Crippen molar-refractivity contribution in [1.29, 1.82) is 0 Å². The Labute approximate surface area is 149 Å². The Morgan fingerprint density at radius 2 is 1.88 bits per heavy atom. The van der Waals surface area contributed by atoms with Crippen LogP contribution in [0.2, 0.25) is 0 Å². The average molecular weight is 368 g/mol. The number of hydrogen-bond donors (Lipinski definition) is 1. The summed E-state index contributed by atoms with van der Waals surface area (Å²) in [5, 5.41) is 2.68. The highest BCUT2D eigenvalue weighted by Crippen LogP contribution is 2.45. The standard InChI is InChI=1S/C19H20F4N2O/c20-15-4-2-1-3-14(15)17(26)25-12-18(7-9-19(22,23)10-8-18)13-5-6-16(21)24-11-13/h1,3,5-6,11H,2,4,7-10,12H2,(H,25,26). The molecular formula is C19H20F4N2O. The fourth-order valence-corrected chi connectivity index (χ4v) is 3.53. The molecule has 0 aromatic carbocycles. The fourth-order valence-electron chi connectivity index (χ4n) is 3.53. The van der Waals surface area contributed by atoms with E-state index in [-0.39, 0.29) is 44.2 Å². The number of aromatic nitrogens is 1. The van der Waals surface area contributed by atoms with Gasteiger partial charge in [0.2, 0.25) is 11.9 Å². The molecule has 2 aliphatic carbocycles. The topological polar surface area (TPSA) is 42.0 Å². The maximum Gasteiger partial charge on any atom is 0.253 e. The van der Waals surface area contributed by atoms with Crippen molar-refractivity contribution in [3.8, 4) is 0 Å². The number of halogens is 4. The molecule has 0 unspecified atom stereocenters. The van der Waals surface area contributed by atoms with E-state index in [4.69, 9.17) is 0 Å². The largest absolute Gasteiger partial charge is 0.351 e. The van der Waals surface area contributed by atoms with Crippen molar-refractivity contribution in [2.24, 2.45) is 0 Å². The first-order chi connectivity index (χ1) is 12.3. The van der Waals surface area contributed by atoms with Crippen LogP contribution in [0.3, 0.4) is 0 Å². The third kappa shape index (κ3) is 3.97. The molecule has 0 spiro atoms. The molecule has 1 heterocycles. The molecule has 140 valence electrons. The van der Waals surface area contributed by atoms with Gasteiger partial charge in [-0.2, -0.15) is 4.39 Å². The van der Waals surface area contributed by atoms with Crippen LogP contribution in [0.5, 0.6) is 0 Å². The summed E-state index contributed by atoms with van der Waals surface area (Å²) >= 11 is 0. The second-order valence-corrected chi connectivity index (χ2v) is 6.95. The van der Waals surface area contributed by atoms with Gasteiger partial charge in [-0.25, -0.2) is 18.2 Å². The first kappa shape index (κ1) is 18.6. The molecule has 26 heavy (non-hydrogen) atoms. The van der Waals surface area contributed by atoms with E-state index in [1.54, 1.807) is 6.08 Å². The van der Waals surface area contributed by atoms with Crippen LogP contribution in [0, 0.1) is 5.95 Å². The number of carbonyl (C=O) groups is 1. The lowest BCUT2D eigenvalue weighted by Crippen LogP contribution is -2.45. The van der Waals surface area contributed by atoms with Gasteiger partial charge in [0.1, 0.15) is 5.83 Å². The number of hydrogen-bond acceptors (Lipinski definition) is 2. The van der Waals surface area contributed by atoms with E-state index in [0.717, 1.165) is 0 Å². The number of amides is 1. The summed E-state index contributed by atoms with van der Waals surface area (Å²) in [5.74, 6) is -4.45. The molecule has 1 amide bonds. The first-order valence-corrected chi connectivity index (χ1v) is 8.65. The number of pyridine rings is 1. The molecule has 0 atom stereocenters. The zero-order chi connectivity index (χ0) is 18.8. The van der Waals surface area contributed by atoms with E-state index in [0.29, 0.717) is 12.0 Å². The summed E-state index contributed by atoms with van der Waals surface area (Å²) < 4.78 is 54.3. The molecule has 1 aromatic heterocycles. The van der Waals surface area contributed by atoms with Gasteiger partial charge in [-0.1, -0.05) is 18.2 Å². The Bertz CT molecular complexity index is 730. The number of alkyl halides is 2. The molecule has 3 nitrogen and oxygen atoms in total. The predicted octanol–water partition coefficient (Wildman–Crippen LogP) is 4.36. The number of nitrogens with one attached hydrogen (secondary N) is 1.